The van der Waals surface area contributed by atoms with Crippen LogP contribution >= 0.6 is 11.6 Å². The highest BCUT2D eigenvalue weighted by Crippen LogP contribution is 2.19. The maximum atomic E-state index is 12.0. The molecule has 0 radical (unpaired) electrons. The molecule has 0 aliphatic heterocycles. The Balaban J connectivity index is 2.90. The van der Waals surface area contributed by atoms with Crippen molar-refractivity contribution in [2.75, 3.05) is 6.61 Å². The number of halogens is 1. The first-order chi connectivity index (χ1) is 7.60. The van der Waals surface area contributed by atoms with Gasteiger partial charge in [-0.2, -0.15) is 0 Å². The minimum atomic E-state index is -0.358. The first-order valence-corrected chi connectivity index (χ1v) is 5.89. The van der Waals surface area contributed by atoms with Crippen molar-refractivity contribution < 1.29 is 9.53 Å². The van der Waals surface area contributed by atoms with E-state index in [1.54, 1.807) is 12.1 Å². The molecule has 0 fully saturated rings. The quantitative estimate of drug-likeness (QED) is 0.735. The van der Waals surface area contributed by atoms with Crippen LogP contribution in [0, 0.1) is 6.92 Å². The van der Waals surface area contributed by atoms with Gasteiger partial charge in [-0.1, -0.05) is 30.7 Å². The fourth-order valence-corrected chi connectivity index (χ4v) is 1.69. The molecule has 0 aliphatic rings. The molecule has 1 aromatic carbocycles. The van der Waals surface area contributed by atoms with Crippen molar-refractivity contribution in [3.05, 3.63) is 34.3 Å². The number of Topliss-reactive ketones (excluding diaryl/α,β-unsaturated/α-hetero) is 1. The number of carbonyl (C=O) groups is 1. The summed E-state index contributed by atoms with van der Waals surface area (Å²) < 4.78 is 5.38. The lowest BCUT2D eigenvalue weighted by Crippen LogP contribution is -2.23. The molecule has 0 N–H and O–H groups in total. The Labute approximate surface area is 102 Å². The zero-order valence-corrected chi connectivity index (χ0v) is 10.7. The van der Waals surface area contributed by atoms with E-state index < -0.39 is 0 Å². The van der Waals surface area contributed by atoms with Gasteiger partial charge in [0.05, 0.1) is 0 Å². The standard InChI is InChI=1S/C13H17ClO2/c1-4-12(16-5-2)13(15)10-7-6-9(3)11(14)8-10/h6-8,12H,4-5H2,1-3H3. The first-order valence-electron chi connectivity index (χ1n) is 5.52. The molecule has 0 heterocycles. The fourth-order valence-electron chi connectivity index (χ4n) is 1.51. The summed E-state index contributed by atoms with van der Waals surface area (Å²) in [5.41, 5.74) is 1.60. The molecule has 0 amide bonds. The lowest BCUT2D eigenvalue weighted by Gasteiger charge is -2.14. The van der Waals surface area contributed by atoms with Gasteiger partial charge in [0.15, 0.2) is 5.78 Å². The zero-order valence-electron chi connectivity index (χ0n) is 9.92. The Hall–Kier alpha value is -0.860. The van der Waals surface area contributed by atoms with E-state index >= 15 is 0 Å². The van der Waals surface area contributed by atoms with Crippen LogP contribution in [0.1, 0.15) is 36.2 Å². The molecule has 1 unspecified atom stereocenters. The van der Waals surface area contributed by atoms with Crippen LogP contribution in [0.25, 0.3) is 0 Å². The van der Waals surface area contributed by atoms with Crippen LogP contribution < -0.4 is 0 Å². The number of rotatable bonds is 5. The lowest BCUT2D eigenvalue weighted by atomic mass is 10.0. The van der Waals surface area contributed by atoms with Crippen molar-refractivity contribution in [3.8, 4) is 0 Å². The molecular formula is C13H17ClO2. The topological polar surface area (TPSA) is 26.3 Å². The van der Waals surface area contributed by atoms with Gasteiger partial charge in [-0.15, -0.1) is 0 Å². The molecule has 2 nitrogen and oxygen atoms in total. The summed E-state index contributed by atoms with van der Waals surface area (Å²) in [4.78, 5) is 12.0. The maximum Gasteiger partial charge on any atom is 0.191 e. The Bertz CT molecular complexity index is 374. The normalized spacial score (nSPS) is 12.5. The monoisotopic (exact) mass is 240 g/mol. The predicted molar refractivity (Wildman–Crippen MR) is 66.2 cm³/mol. The molecule has 0 saturated carbocycles. The Kier molecular flexibility index (Phi) is 4.97. The van der Waals surface area contributed by atoms with Gasteiger partial charge in [0.2, 0.25) is 0 Å². The van der Waals surface area contributed by atoms with Gasteiger partial charge >= 0.3 is 0 Å². The number of hydrogen-bond donors (Lipinski definition) is 0. The summed E-state index contributed by atoms with van der Waals surface area (Å²) in [6, 6.07) is 5.36. The third kappa shape index (κ3) is 3.06. The van der Waals surface area contributed by atoms with E-state index in [0.29, 0.717) is 23.6 Å². The highest BCUT2D eigenvalue weighted by Gasteiger charge is 2.18. The first kappa shape index (κ1) is 13.2. The van der Waals surface area contributed by atoms with E-state index in [1.807, 2.05) is 26.8 Å². The summed E-state index contributed by atoms with van der Waals surface area (Å²) in [7, 11) is 0. The zero-order chi connectivity index (χ0) is 12.1. The fraction of sp³-hybridized carbons (Fsp3) is 0.462. The van der Waals surface area contributed by atoms with Crippen molar-refractivity contribution in [2.45, 2.75) is 33.3 Å². The lowest BCUT2D eigenvalue weighted by molar-refractivity contribution is 0.0444. The maximum absolute atomic E-state index is 12.0. The molecule has 1 aromatic rings. The summed E-state index contributed by atoms with van der Waals surface area (Å²) in [6.45, 7) is 6.28. The van der Waals surface area contributed by atoms with Crippen molar-refractivity contribution in [1.29, 1.82) is 0 Å². The molecule has 0 bridgehead atoms. The molecule has 1 rings (SSSR count). The highest BCUT2D eigenvalue weighted by atomic mass is 35.5. The number of ketones is 1. The minimum Gasteiger partial charge on any atom is -0.370 e. The molecule has 0 aliphatic carbocycles. The van der Waals surface area contributed by atoms with E-state index in [9.17, 15) is 4.79 Å². The second-order valence-corrected chi connectivity index (χ2v) is 4.09. The van der Waals surface area contributed by atoms with E-state index in [1.165, 1.54) is 0 Å². The molecule has 0 aromatic heterocycles. The third-order valence-electron chi connectivity index (χ3n) is 2.49. The molecule has 1 atom stereocenters. The van der Waals surface area contributed by atoms with E-state index in [2.05, 4.69) is 0 Å². The summed E-state index contributed by atoms with van der Waals surface area (Å²) >= 11 is 5.99. The molecular weight excluding hydrogens is 224 g/mol. The predicted octanol–water partition coefficient (Wildman–Crippen LogP) is 3.65. The average molecular weight is 241 g/mol. The summed E-state index contributed by atoms with van der Waals surface area (Å²) in [5.74, 6) is 0.00579. The number of benzene rings is 1. The van der Waals surface area contributed by atoms with Gasteiger partial charge in [0, 0.05) is 17.2 Å². The summed E-state index contributed by atoms with van der Waals surface area (Å²) in [5, 5.41) is 0.622. The number of ether oxygens (including phenoxy) is 1. The van der Waals surface area contributed by atoms with Crippen LogP contribution in [0.3, 0.4) is 0 Å². The van der Waals surface area contributed by atoms with E-state index in [-0.39, 0.29) is 11.9 Å². The second-order valence-electron chi connectivity index (χ2n) is 3.68. The molecule has 88 valence electrons. The number of aryl methyl sites for hydroxylation is 1. The smallest absolute Gasteiger partial charge is 0.191 e. The van der Waals surface area contributed by atoms with Crippen LogP contribution in [0.15, 0.2) is 18.2 Å². The van der Waals surface area contributed by atoms with Crippen molar-refractivity contribution in [1.82, 2.24) is 0 Å². The Morgan fingerprint density at radius 3 is 2.62 bits per heavy atom. The third-order valence-corrected chi connectivity index (χ3v) is 2.89. The van der Waals surface area contributed by atoms with Crippen LogP contribution in [0.4, 0.5) is 0 Å². The van der Waals surface area contributed by atoms with Gasteiger partial charge < -0.3 is 4.74 Å². The molecule has 0 saturated heterocycles. The van der Waals surface area contributed by atoms with Gasteiger partial charge in [-0.3, -0.25) is 4.79 Å². The van der Waals surface area contributed by atoms with Gasteiger partial charge in [-0.05, 0) is 31.9 Å². The molecule has 3 heteroatoms. The molecule has 16 heavy (non-hydrogen) atoms. The SMILES string of the molecule is CCOC(CC)C(=O)c1ccc(C)c(Cl)c1. The second kappa shape index (κ2) is 6.02. The van der Waals surface area contributed by atoms with Gasteiger partial charge in [0.25, 0.3) is 0 Å². The van der Waals surface area contributed by atoms with Crippen LogP contribution in [-0.4, -0.2) is 18.5 Å². The molecule has 0 spiro atoms. The highest BCUT2D eigenvalue weighted by molar-refractivity contribution is 6.31. The van der Waals surface area contributed by atoms with Gasteiger partial charge in [0.1, 0.15) is 6.10 Å². The van der Waals surface area contributed by atoms with Crippen molar-refractivity contribution >= 4 is 17.4 Å². The van der Waals surface area contributed by atoms with Gasteiger partial charge in [-0.25, -0.2) is 0 Å². The summed E-state index contributed by atoms with van der Waals surface area (Å²) in [6.07, 6.45) is 0.321. The van der Waals surface area contributed by atoms with E-state index in [4.69, 9.17) is 16.3 Å². The Morgan fingerprint density at radius 1 is 1.44 bits per heavy atom. The van der Waals surface area contributed by atoms with Crippen molar-refractivity contribution in [2.24, 2.45) is 0 Å². The number of carbonyl (C=O) groups excluding carboxylic acids is 1. The van der Waals surface area contributed by atoms with Crippen LogP contribution in [0.5, 0.6) is 0 Å². The van der Waals surface area contributed by atoms with Crippen LogP contribution in [-0.2, 0) is 4.74 Å². The number of hydrogen-bond acceptors (Lipinski definition) is 2. The average Bonchev–Trinajstić information content (AvgIpc) is 2.28. The Morgan fingerprint density at radius 2 is 2.12 bits per heavy atom. The van der Waals surface area contributed by atoms with Crippen molar-refractivity contribution in [3.63, 3.8) is 0 Å². The minimum absolute atomic E-state index is 0.00579. The largest absolute Gasteiger partial charge is 0.370 e. The van der Waals surface area contributed by atoms with E-state index in [0.717, 1.165) is 5.56 Å². The van der Waals surface area contributed by atoms with Crippen LogP contribution in [0.2, 0.25) is 5.02 Å².